The molecule has 0 saturated carbocycles. The summed E-state index contributed by atoms with van der Waals surface area (Å²) in [4.78, 5) is 24.5. The van der Waals surface area contributed by atoms with Crippen LogP contribution in [0, 0.1) is 0 Å². The van der Waals surface area contributed by atoms with Gasteiger partial charge in [0.1, 0.15) is 0 Å². The van der Waals surface area contributed by atoms with Crippen molar-refractivity contribution in [1.82, 2.24) is 34.7 Å². The fraction of sp³-hybridized carbons (Fsp3) is 0.152. The van der Waals surface area contributed by atoms with Crippen LogP contribution in [-0.2, 0) is 26.7 Å². The molecular weight excluding hydrogens is 510 g/mol. The van der Waals surface area contributed by atoms with Gasteiger partial charge in [-0.1, -0.05) is 30.3 Å². The molecule has 1 unspecified atom stereocenters. The molecule has 4 aromatic heterocycles. The van der Waals surface area contributed by atoms with E-state index < -0.39 is 0 Å². The maximum Gasteiger partial charge on any atom is 0.252 e. The van der Waals surface area contributed by atoms with Gasteiger partial charge in [0, 0.05) is 82.9 Å². The van der Waals surface area contributed by atoms with E-state index >= 15 is 0 Å². The maximum absolute atomic E-state index is 13.1. The largest absolute Gasteiger partial charge is 0.361 e. The highest BCUT2D eigenvalue weighted by Crippen LogP contribution is 2.38. The number of aromatic amines is 2. The molecule has 7 aromatic rings. The van der Waals surface area contributed by atoms with Crippen LogP contribution in [0.15, 0.2) is 91.6 Å². The van der Waals surface area contributed by atoms with Crippen molar-refractivity contribution in [1.29, 1.82) is 0 Å². The van der Waals surface area contributed by atoms with Crippen LogP contribution < -0.4 is 10.6 Å². The molecule has 0 radical (unpaired) electrons. The molecule has 8 rings (SSSR count). The fourth-order valence-corrected chi connectivity index (χ4v) is 6.29. The highest BCUT2D eigenvalue weighted by molar-refractivity contribution is 6.04. The van der Waals surface area contributed by atoms with E-state index in [4.69, 9.17) is 0 Å². The number of carbonyl (C=O) groups is 1. The standard InChI is InChI=1S/C33H29N7O/c1-39-17-23(36-19-39)18-40-11-9-21-7-6-20(12-30(21)40)15-34-16-29-31(24-4-2-3-5-27(24)37-29)32-25-14-28-22(8-10-35-28)13-26(25)33(41)38-32/h2-14,17,19,32,34-35,37H,15-16,18H2,1H3,(H,38,41). The lowest BCUT2D eigenvalue weighted by molar-refractivity contribution is 0.0960. The summed E-state index contributed by atoms with van der Waals surface area (Å²) in [6.45, 7) is 2.10. The molecule has 3 aromatic carbocycles. The van der Waals surface area contributed by atoms with Crippen molar-refractivity contribution < 1.29 is 4.79 Å². The number of para-hydroxylation sites is 1. The van der Waals surface area contributed by atoms with Crippen LogP contribution in [0.5, 0.6) is 0 Å². The number of aryl methyl sites for hydroxylation is 1. The van der Waals surface area contributed by atoms with E-state index in [0.717, 1.165) is 63.0 Å². The van der Waals surface area contributed by atoms with E-state index in [1.54, 1.807) is 0 Å². The summed E-state index contributed by atoms with van der Waals surface area (Å²) in [6.07, 6.45) is 7.94. The number of hydrogen-bond donors (Lipinski definition) is 4. The van der Waals surface area contributed by atoms with Crippen molar-refractivity contribution in [3.63, 3.8) is 0 Å². The summed E-state index contributed by atoms with van der Waals surface area (Å²) in [5, 5.41) is 10.3. The molecule has 5 heterocycles. The second-order valence-corrected chi connectivity index (χ2v) is 10.9. The molecule has 0 bridgehead atoms. The normalized spacial score (nSPS) is 14.9. The number of aromatic nitrogens is 5. The van der Waals surface area contributed by atoms with Crippen molar-refractivity contribution in [2.45, 2.75) is 25.7 Å². The molecule has 8 heteroatoms. The number of imidazole rings is 1. The second-order valence-electron chi connectivity index (χ2n) is 10.9. The van der Waals surface area contributed by atoms with E-state index in [1.807, 2.05) is 42.3 Å². The van der Waals surface area contributed by atoms with Crippen LogP contribution in [0.4, 0.5) is 0 Å². The molecule has 8 nitrogen and oxygen atoms in total. The van der Waals surface area contributed by atoms with Gasteiger partial charge in [-0.15, -0.1) is 0 Å². The first-order valence-electron chi connectivity index (χ1n) is 13.9. The maximum atomic E-state index is 13.1. The lowest BCUT2D eigenvalue weighted by Gasteiger charge is -2.15. The Hall–Kier alpha value is -5.08. The van der Waals surface area contributed by atoms with E-state index in [0.29, 0.717) is 6.54 Å². The molecule has 4 N–H and O–H groups in total. The third-order valence-electron chi connectivity index (χ3n) is 8.23. The van der Waals surface area contributed by atoms with Crippen molar-refractivity contribution in [3.8, 4) is 0 Å². The van der Waals surface area contributed by atoms with Gasteiger partial charge >= 0.3 is 0 Å². The number of fused-ring (bicyclic) bond motifs is 4. The molecule has 0 spiro atoms. The van der Waals surface area contributed by atoms with Crippen LogP contribution in [0.3, 0.4) is 0 Å². The zero-order valence-corrected chi connectivity index (χ0v) is 22.6. The molecule has 0 fully saturated rings. The van der Waals surface area contributed by atoms with Crippen LogP contribution >= 0.6 is 0 Å². The smallest absolute Gasteiger partial charge is 0.252 e. The van der Waals surface area contributed by atoms with Crippen LogP contribution in [0.1, 0.15) is 44.5 Å². The summed E-state index contributed by atoms with van der Waals surface area (Å²) in [6, 6.07) is 23.0. The third kappa shape index (κ3) is 4.03. The Labute approximate surface area is 236 Å². The highest BCUT2D eigenvalue weighted by Gasteiger charge is 2.33. The molecule has 202 valence electrons. The SMILES string of the molecule is Cn1cnc(Cn2ccc3ccc(CNCc4[nH]c5ccccc5c4C4NC(=O)c5cc6cc[nH]c6cc54)cc32)c1. The third-order valence-corrected chi connectivity index (χ3v) is 8.23. The minimum Gasteiger partial charge on any atom is -0.361 e. The van der Waals surface area contributed by atoms with Crippen LogP contribution in [0.25, 0.3) is 32.7 Å². The first-order valence-corrected chi connectivity index (χ1v) is 13.9. The van der Waals surface area contributed by atoms with E-state index in [2.05, 4.69) is 91.1 Å². The molecular formula is C33H29N7O. The summed E-state index contributed by atoms with van der Waals surface area (Å²) in [5.74, 6) is -0.0284. The predicted molar refractivity (Wildman–Crippen MR) is 161 cm³/mol. The van der Waals surface area contributed by atoms with Gasteiger partial charge in [-0.05, 0) is 52.9 Å². The van der Waals surface area contributed by atoms with Gasteiger partial charge in [0.15, 0.2) is 0 Å². The number of H-pyrrole nitrogens is 2. The van der Waals surface area contributed by atoms with Crippen LogP contribution in [-0.4, -0.2) is 30.0 Å². The number of benzene rings is 3. The van der Waals surface area contributed by atoms with Gasteiger partial charge < -0.3 is 29.7 Å². The Bertz CT molecular complexity index is 2090. The lowest BCUT2D eigenvalue weighted by Crippen LogP contribution is -2.22. The molecule has 41 heavy (non-hydrogen) atoms. The van der Waals surface area contributed by atoms with Gasteiger partial charge in [-0.3, -0.25) is 4.79 Å². The minimum absolute atomic E-state index is 0.0284. The van der Waals surface area contributed by atoms with Crippen LogP contribution in [0.2, 0.25) is 0 Å². The highest BCUT2D eigenvalue weighted by atomic mass is 16.2. The van der Waals surface area contributed by atoms with Gasteiger partial charge in [0.2, 0.25) is 0 Å². The quantitative estimate of drug-likeness (QED) is 0.215. The number of amides is 1. The van der Waals surface area contributed by atoms with Crippen molar-refractivity contribution in [3.05, 3.63) is 125 Å². The molecule has 1 aliphatic heterocycles. The van der Waals surface area contributed by atoms with E-state index in [1.165, 1.54) is 16.5 Å². The second kappa shape index (κ2) is 9.25. The van der Waals surface area contributed by atoms with Gasteiger partial charge in [0.25, 0.3) is 5.91 Å². The van der Waals surface area contributed by atoms with Gasteiger partial charge in [-0.25, -0.2) is 4.98 Å². The molecule has 0 saturated heterocycles. The van der Waals surface area contributed by atoms with Gasteiger partial charge in [-0.2, -0.15) is 0 Å². The Morgan fingerprint density at radius 1 is 0.976 bits per heavy atom. The minimum atomic E-state index is -0.218. The Morgan fingerprint density at radius 2 is 1.90 bits per heavy atom. The lowest BCUT2D eigenvalue weighted by atomic mass is 9.95. The number of carbonyl (C=O) groups excluding carboxylic acids is 1. The Kier molecular flexibility index (Phi) is 5.36. The number of hydrogen-bond acceptors (Lipinski definition) is 3. The number of rotatable bonds is 7. The molecule has 1 atom stereocenters. The van der Waals surface area contributed by atoms with Crippen molar-refractivity contribution in [2.75, 3.05) is 0 Å². The Balaban J connectivity index is 1.08. The van der Waals surface area contributed by atoms with Crippen molar-refractivity contribution in [2.24, 2.45) is 7.05 Å². The number of nitrogens with zero attached hydrogens (tertiary/aromatic N) is 3. The fourth-order valence-electron chi connectivity index (χ4n) is 6.29. The monoisotopic (exact) mass is 539 g/mol. The average Bonchev–Trinajstić information content (AvgIpc) is 3.80. The molecule has 0 aliphatic carbocycles. The van der Waals surface area contributed by atoms with Gasteiger partial charge in [0.05, 0.1) is 24.6 Å². The first kappa shape index (κ1) is 23.8. The first-order chi connectivity index (χ1) is 20.1. The summed E-state index contributed by atoms with van der Waals surface area (Å²) < 4.78 is 4.23. The number of nitrogens with one attached hydrogen (secondary N) is 4. The zero-order chi connectivity index (χ0) is 27.5. The van der Waals surface area contributed by atoms with Crippen molar-refractivity contribution >= 4 is 38.6 Å². The Morgan fingerprint density at radius 3 is 2.80 bits per heavy atom. The zero-order valence-electron chi connectivity index (χ0n) is 22.6. The topological polar surface area (TPSA) is 95.5 Å². The molecule has 1 amide bonds. The van der Waals surface area contributed by atoms with E-state index in [9.17, 15) is 4.79 Å². The summed E-state index contributed by atoms with van der Waals surface area (Å²) >= 11 is 0. The average molecular weight is 540 g/mol. The molecule has 1 aliphatic rings. The van der Waals surface area contributed by atoms with E-state index in [-0.39, 0.29) is 11.9 Å². The summed E-state index contributed by atoms with van der Waals surface area (Å²) in [7, 11) is 1.99. The summed E-state index contributed by atoms with van der Waals surface area (Å²) in [5.41, 5.74) is 9.50. The predicted octanol–water partition coefficient (Wildman–Crippen LogP) is 5.51.